The molecule has 0 aromatic heterocycles. The first kappa shape index (κ1) is 13.5. The summed E-state index contributed by atoms with van der Waals surface area (Å²) < 4.78 is 10.7. The molecule has 0 bridgehead atoms. The van der Waals surface area contributed by atoms with Crippen molar-refractivity contribution in [2.45, 2.75) is 25.9 Å². The molecule has 90 valence electrons. The van der Waals surface area contributed by atoms with Crippen molar-refractivity contribution in [1.29, 1.82) is 0 Å². The predicted octanol–water partition coefficient (Wildman–Crippen LogP) is 3.78. The minimum atomic E-state index is 0.640. The summed E-state index contributed by atoms with van der Waals surface area (Å²) in [6.07, 6.45) is 3.54. The van der Waals surface area contributed by atoms with Crippen LogP contribution < -0.4 is 4.74 Å². The van der Waals surface area contributed by atoms with Gasteiger partial charge in [0.25, 0.3) is 0 Å². The van der Waals surface area contributed by atoms with Gasteiger partial charge in [-0.3, -0.25) is 0 Å². The lowest BCUT2D eigenvalue weighted by molar-refractivity contribution is 0.184. The topological polar surface area (TPSA) is 18.5 Å². The number of alkyl halides is 1. The zero-order valence-corrected chi connectivity index (χ0v) is 11.3. The van der Waals surface area contributed by atoms with E-state index in [1.165, 1.54) is 12.8 Å². The van der Waals surface area contributed by atoms with Crippen LogP contribution in [0.2, 0.25) is 0 Å². The first-order chi connectivity index (χ1) is 7.86. The fraction of sp³-hybridized carbons (Fsp3) is 0.538. The third-order valence-corrected chi connectivity index (χ3v) is 2.82. The molecule has 0 heterocycles. The lowest BCUT2D eigenvalue weighted by Gasteiger charge is -2.07. The molecule has 0 unspecified atom stereocenters. The Labute approximate surface area is 106 Å². The maximum absolute atomic E-state index is 5.67. The fourth-order valence-electron chi connectivity index (χ4n) is 1.46. The first-order valence-electron chi connectivity index (χ1n) is 5.63. The van der Waals surface area contributed by atoms with Crippen molar-refractivity contribution in [3.8, 4) is 5.75 Å². The van der Waals surface area contributed by atoms with Gasteiger partial charge in [0, 0.05) is 12.4 Å². The molecule has 1 aromatic rings. The number of hydrogen-bond donors (Lipinski definition) is 0. The maximum atomic E-state index is 5.67. The van der Waals surface area contributed by atoms with Crippen LogP contribution >= 0.6 is 15.9 Å². The second-order valence-corrected chi connectivity index (χ2v) is 4.47. The third-order valence-electron chi connectivity index (χ3n) is 2.26. The van der Waals surface area contributed by atoms with Gasteiger partial charge in [-0.2, -0.15) is 0 Å². The molecular weight excluding hydrogens is 268 g/mol. The van der Waals surface area contributed by atoms with Crippen LogP contribution in [0.25, 0.3) is 0 Å². The molecular formula is C13H19BrO2. The number of unbranched alkanes of at least 4 members (excludes halogenated alkanes) is 2. The average Bonchev–Trinajstić information content (AvgIpc) is 2.30. The molecule has 2 nitrogen and oxygen atoms in total. The van der Waals surface area contributed by atoms with Gasteiger partial charge < -0.3 is 9.47 Å². The van der Waals surface area contributed by atoms with Crippen LogP contribution in [0.5, 0.6) is 5.75 Å². The van der Waals surface area contributed by atoms with Gasteiger partial charge in [-0.15, -0.1) is 0 Å². The Hall–Kier alpha value is -0.540. The summed E-state index contributed by atoms with van der Waals surface area (Å²) >= 11 is 3.42. The summed E-state index contributed by atoms with van der Waals surface area (Å²) in [5, 5.41) is 1.08. The van der Waals surface area contributed by atoms with Crippen molar-refractivity contribution in [2.24, 2.45) is 0 Å². The van der Waals surface area contributed by atoms with E-state index in [4.69, 9.17) is 9.47 Å². The van der Waals surface area contributed by atoms with Crippen molar-refractivity contribution in [2.75, 3.05) is 19.0 Å². The van der Waals surface area contributed by atoms with Gasteiger partial charge in [0.1, 0.15) is 5.75 Å². The molecule has 0 spiro atoms. The van der Waals surface area contributed by atoms with Crippen LogP contribution in [0.1, 0.15) is 24.8 Å². The summed E-state index contributed by atoms with van der Waals surface area (Å²) in [6, 6.07) is 8.07. The smallest absolute Gasteiger partial charge is 0.119 e. The van der Waals surface area contributed by atoms with E-state index < -0.39 is 0 Å². The minimum Gasteiger partial charge on any atom is -0.494 e. The zero-order valence-electron chi connectivity index (χ0n) is 9.75. The highest BCUT2D eigenvalue weighted by Gasteiger charge is 1.96. The summed E-state index contributed by atoms with van der Waals surface area (Å²) in [7, 11) is 1.70. The van der Waals surface area contributed by atoms with Crippen LogP contribution in [-0.2, 0) is 11.3 Å². The number of benzene rings is 1. The molecule has 0 aliphatic carbocycles. The number of methoxy groups -OCH3 is 1. The van der Waals surface area contributed by atoms with Crippen molar-refractivity contribution in [1.82, 2.24) is 0 Å². The quantitative estimate of drug-likeness (QED) is 0.535. The van der Waals surface area contributed by atoms with E-state index in [0.717, 1.165) is 29.7 Å². The Balaban J connectivity index is 2.27. The Morgan fingerprint density at radius 1 is 1.19 bits per heavy atom. The predicted molar refractivity (Wildman–Crippen MR) is 70.3 cm³/mol. The molecule has 1 rings (SSSR count). The SMILES string of the molecule is COCc1cccc(OCCCCCBr)c1. The lowest BCUT2D eigenvalue weighted by Crippen LogP contribution is -1.98. The maximum Gasteiger partial charge on any atom is 0.119 e. The second kappa shape index (κ2) is 8.59. The molecule has 0 saturated heterocycles. The van der Waals surface area contributed by atoms with Gasteiger partial charge in [-0.1, -0.05) is 28.1 Å². The van der Waals surface area contributed by atoms with Crippen molar-refractivity contribution in [3.05, 3.63) is 29.8 Å². The Bertz CT molecular complexity index is 289. The fourth-order valence-corrected chi connectivity index (χ4v) is 1.85. The lowest BCUT2D eigenvalue weighted by atomic mass is 10.2. The highest BCUT2D eigenvalue weighted by molar-refractivity contribution is 9.09. The molecule has 0 fully saturated rings. The minimum absolute atomic E-state index is 0.640. The third kappa shape index (κ3) is 5.52. The molecule has 1 aromatic carbocycles. The molecule has 16 heavy (non-hydrogen) atoms. The Morgan fingerprint density at radius 3 is 2.81 bits per heavy atom. The van der Waals surface area contributed by atoms with Crippen LogP contribution in [0.15, 0.2) is 24.3 Å². The normalized spacial score (nSPS) is 10.4. The van der Waals surface area contributed by atoms with Gasteiger partial charge in [0.05, 0.1) is 13.2 Å². The Kier molecular flexibility index (Phi) is 7.26. The van der Waals surface area contributed by atoms with E-state index in [9.17, 15) is 0 Å². The summed E-state index contributed by atoms with van der Waals surface area (Å²) in [4.78, 5) is 0. The van der Waals surface area contributed by atoms with Crippen LogP contribution in [0.3, 0.4) is 0 Å². The van der Waals surface area contributed by atoms with Crippen LogP contribution in [0.4, 0.5) is 0 Å². The van der Waals surface area contributed by atoms with E-state index in [2.05, 4.69) is 15.9 Å². The van der Waals surface area contributed by atoms with Gasteiger partial charge in [-0.05, 0) is 37.0 Å². The van der Waals surface area contributed by atoms with Crippen molar-refractivity contribution < 1.29 is 9.47 Å². The first-order valence-corrected chi connectivity index (χ1v) is 6.75. The van der Waals surface area contributed by atoms with E-state index in [1.807, 2.05) is 24.3 Å². The van der Waals surface area contributed by atoms with E-state index >= 15 is 0 Å². The standard InChI is InChI=1S/C13H19BrO2/c1-15-11-12-6-5-7-13(10-12)16-9-4-2-3-8-14/h5-7,10H,2-4,8-9,11H2,1H3. The monoisotopic (exact) mass is 286 g/mol. The molecule has 0 atom stereocenters. The van der Waals surface area contributed by atoms with Gasteiger partial charge >= 0.3 is 0 Å². The highest BCUT2D eigenvalue weighted by Crippen LogP contribution is 2.14. The molecule has 0 radical (unpaired) electrons. The largest absolute Gasteiger partial charge is 0.494 e. The van der Waals surface area contributed by atoms with Crippen LogP contribution in [-0.4, -0.2) is 19.0 Å². The van der Waals surface area contributed by atoms with E-state index in [-0.39, 0.29) is 0 Å². The second-order valence-electron chi connectivity index (χ2n) is 3.68. The molecule has 0 saturated carbocycles. The number of hydrogen-bond acceptors (Lipinski definition) is 2. The molecule has 3 heteroatoms. The molecule has 0 N–H and O–H groups in total. The van der Waals surface area contributed by atoms with Gasteiger partial charge in [0.2, 0.25) is 0 Å². The summed E-state index contributed by atoms with van der Waals surface area (Å²) in [5.74, 6) is 0.938. The van der Waals surface area contributed by atoms with E-state index in [1.54, 1.807) is 7.11 Å². The van der Waals surface area contributed by atoms with Gasteiger partial charge in [0.15, 0.2) is 0 Å². The number of halogens is 1. The van der Waals surface area contributed by atoms with E-state index in [0.29, 0.717) is 6.61 Å². The molecule has 0 aliphatic heterocycles. The Morgan fingerprint density at radius 2 is 2.06 bits per heavy atom. The van der Waals surface area contributed by atoms with Gasteiger partial charge in [-0.25, -0.2) is 0 Å². The van der Waals surface area contributed by atoms with Crippen LogP contribution in [0, 0.1) is 0 Å². The van der Waals surface area contributed by atoms with Crippen molar-refractivity contribution >= 4 is 15.9 Å². The number of ether oxygens (including phenoxy) is 2. The van der Waals surface area contributed by atoms with Crippen molar-refractivity contribution in [3.63, 3.8) is 0 Å². The average molecular weight is 287 g/mol. The zero-order chi connectivity index (χ0) is 11.6. The molecule has 0 amide bonds. The summed E-state index contributed by atoms with van der Waals surface area (Å²) in [6.45, 7) is 1.43. The summed E-state index contributed by atoms with van der Waals surface area (Å²) in [5.41, 5.74) is 1.15. The molecule has 0 aliphatic rings. The highest BCUT2D eigenvalue weighted by atomic mass is 79.9. The number of rotatable bonds is 8.